The Hall–Kier alpha value is -4.24. The van der Waals surface area contributed by atoms with Crippen LogP contribution < -0.4 is 10.3 Å². The quantitative estimate of drug-likeness (QED) is 0.388. The third-order valence-electron chi connectivity index (χ3n) is 5.34. The monoisotopic (exact) mass is 422 g/mol. The summed E-state index contributed by atoms with van der Waals surface area (Å²) in [7, 11) is 0. The molecule has 6 heteroatoms. The number of aromatic nitrogens is 3. The summed E-state index contributed by atoms with van der Waals surface area (Å²) >= 11 is 0. The summed E-state index contributed by atoms with van der Waals surface area (Å²) in [6, 6.07) is 24.6. The topological polar surface area (TPSA) is 80.8 Å². The molecule has 0 spiro atoms. The fourth-order valence-corrected chi connectivity index (χ4v) is 3.41. The van der Waals surface area contributed by atoms with Crippen LogP contribution in [0, 0.1) is 17.2 Å². The molecule has 0 fully saturated rings. The number of aryl methyl sites for hydroxylation is 1. The Kier molecular flexibility index (Phi) is 6.38. The Morgan fingerprint density at radius 3 is 2.41 bits per heavy atom. The lowest BCUT2D eigenvalue weighted by molar-refractivity contribution is 0.261. The zero-order chi connectivity index (χ0) is 22.3. The Morgan fingerprint density at radius 2 is 1.72 bits per heavy atom. The molecule has 158 valence electrons. The molecule has 0 saturated heterocycles. The van der Waals surface area contributed by atoms with Crippen LogP contribution in [0.5, 0.6) is 5.75 Å². The lowest BCUT2D eigenvalue weighted by atomic mass is 10.0. The number of benzene rings is 3. The molecule has 0 bridgehead atoms. The van der Waals surface area contributed by atoms with Crippen molar-refractivity contribution in [2.24, 2.45) is 5.92 Å². The molecule has 4 aromatic rings. The van der Waals surface area contributed by atoms with E-state index >= 15 is 0 Å². The number of nitrogens with zero attached hydrogens (tertiary/aromatic N) is 4. The average molecular weight is 422 g/mol. The van der Waals surface area contributed by atoms with E-state index in [0.717, 1.165) is 16.9 Å². The Morgan fingerprint density at radius 1 is 1.03 bits per heavy atom. The van der Waals surface area contributed by atoms with Gasteiger partial charge in [0.25, 0.3) is 5.56 Å². The number of ether oxygens (including phenoxy) is 1. The summed E-state index contributed by atoms with van der Waals surface area (Å²) in [5.41, 5.74) is 3.19. The Bertz CT molecular complexity index is 1320. The fraction of sp³-hybridized carbons (Fsp3) is 0.154. The van der Waals surface area contributed by atoms with E-state index in [2.05, 4.69) is 23.0 Å². The molecule has 0 amide bonds. The smallest absolute Gasteiger partial charge is 0.277 e. The van der Waals surface area contributed by atoms with Gasteiger partial charge in [-0.05, 0) is 53.9 Å². The number of rotatable bonds is 8. The van der Waals surface area contributed by atoms with Crippen LogP contribution in [0.1, 0.15) is 12.0 Å². The molecule has 32 heavy (non-hydrogen) atoms. The molecule has 0 saturated carbocycles. The molecule has 4 rings (SSSR count). The number of hydrogen-bond donors (Lipinski definition) is 0. The van der Waals surface area contributed by atoms with E-state index < -0.39 is 0 Å². The number of nitriles is 1. The van der Waals surface area contributed by atoms with Gasteiger partial charge >= 0.3 is 0 Å². The van der Waals surface area contributed by atoms with Crippen molar-refractivity contribution in [2.45, 2.75) is 13.0 Å². The van der Waals surface area contributed by atoms with Crippen molar-refractivity contribution in [1.29, 1.82) is 5.26 Å². The molecular weight excluding hydrogens is 400 g/mol. The average Bonchev–Trinajstić information content (AvgIpc) is 2.86. The van der Waals surface area contributed by atoms with Crippen molar-refractivity contribution in [3.8, 4) is 22.9 Å². The van der Waals surface area contributed by atoms with Crippen molar-refractivity contribution in [2.75, 3.05) is 6.61 Å². The highest BCUT2D eigenvalue weighted by Gasteiger charge is 2.10. The molecule has 1 unspecified atom stereocenters. The summed E-state index contributed by atoms with van der Waals surface area (Å²) in [5.74, 6) is 0.824. The van der Waals surface area contributed by atoms with E-state index in [1.165, 1.54) is 4.68 Å². The number of fused-ring (bicyclic) bond motifs is 1. The van der Waals surface area contributed by atoms with Crippen molar-refractivity contribution >= 4 is 10.9 Å². The SMILES string of the molecule is C=CC(CCn1nnc2ccccc2c1=O)COc1ccc(-c2ccc(C#N)cc2)cc1. The van der Waals surface area contributed by atoms with Gasteiger partial charge in [-0.15, -0.1) is 11.7 Å². The summed E-state index contributed by atoms with van der Waals surface area (Å²) in [5, 5.41) is 17.7. The second kappa shape index (κ2) is 9.71. The van der Waals surface area contributed by atoms with Crippen LogP contribution >= 0.6 is 0 Å². The van der Waals surface area contributed by atoms with Gasteiger partial charge < -0.3 is 4.74 Å². The first-order valence-electron chi connectivity index (χ1n) is 10.4. The predicted molar refractivity (Wildman–Crippen MR) is 124 cm³/mol. The standard InChI is InChI=1S/C26H22N4O2/c1-2-19(15-16-30-26(31)24-5-3-4-6-25(24)28-29-30)18-32-23-13-11-22(12-14-23)21-9-7-20(17-27)8-10-21/h2-14,19H,1,15-16,18H2. The van der Waals surface area contributed by atoms with Crippen LogP contribution in [0.2, 0.25) is 0 Å². The Balaban J connectivity index is 1.35. The van der Waals surface area contributed by atoms with Gasteiger partial charge in [0.15, 0.2) is 0 Å². The highest BCUT2D eigenvalue weighted by molar-refractivity contribution is 5.76. The highest BCUT2D eigenvalue weighted by Crippen LogP contribution is 2.23. The minimum atomic E-state index is -0.141. The van der Waals surface area contributed by atoms with Crippen LogP contribution in [0.15, 0.2) is 90.2 Å². The van der Waals surface area contributed by atoms with Crippen LogP contribution in [0.3, 0.4) is 0 Å². The highest BCUT2D eigenvalue weighted by atomic mass is 16.5. The van der Waals surface area contributed by atoms with Crippen LogP contribution in [0.4, 0.5) is 0 Å². The van der Waals surface area contributed by atoms with Crippen LogP contribution in [0.25, 0.3) is 22.0 Å². The zero-order valence-corrected chi connectivity index (χ0v) is 17.5. The first kappa shape index (κ1) is 21.0. The van der Waals surface area contributed by atoms with Crippen LogP contribution in [-0.2, 0) is 6.54 Å². The van der Waals surface area contributed by atoms with Crippen molar-refractivity contribution in [3.05, 3.63) is 101 Å². The molecule has 0 aliphatic heterocycles. The second-order valence-corrected chi connectivity index (χ2v) is 7.44. The molecule has 6 nitrogen and oxygen atoms in total. The normalized spacial score (nSPS) is 11.6. The van der Waals surface area contributed by atoms with E-state index in [-0.39, 0.29) is 11.5 Å². The van der Waals surface area contributed by atoms with E-state index in [1.807, 2.05) is 54.6 Å². The summed E-state index contributed by atoms with van der Waals surface area (Å²) in [4.78, 5) is 12.6. The van der Waals surface area contributed by atoms with Crippen LogP contribution in [-0.4, -0.2) is 21.6 Å². The maximum atomic E-state index is 12.6. The molecule has 3 aromatic carbocycles. The van der Waals surface area contributed by atoms with Gasteiger partial charge in [0.2, 0.25) is 0 Å². The third kappa shape index (κ3) is 4.73. The molecular formula is C26H22N4O2. The predicted octanol–water partition coefficient (Wildman–Crippen LogP) is 4.60. The van der Waals surface area contributed by atoms with Gasteiger partial charge in [0, 0.05) is 12.5 Å². The van der Waals surface area contributed by atoms with E-state index in [0.29, 0.717) is 36.0 Å². The minimum absolute atomic E-state index is 0.0633. The molecule has 1 aromatic heterocycles. The van der Waals surface area contributed by atoms with Gasteiger partial charge in [-0.1, -0.05) is 47.7 Å². The zero-order valence-electron chi connectivity index (χ0n) is 17.5. The van der Waals surface area contributed by atoms with E-state index in [1.54, 1.807) is 24.3 Å². The Labute approximate surface area is 186 Å². The molecule has 0 aliphatic rings. The fourth-order valence-electron chi connectivity index (χ4n) is 3.41. The van der Waals surface area contributed by atoms with Crippen molar-refractivity contribution in [3.63, 3.8) is 0 Å². The second-order valence-electron chi connectivity index (χ2n) is 7.44. The lowest BCUT2D eigenvalue weighted by Crippen LogP contribution is -2.26. The maximum Gasteiger partial charge on any atom is 0.277 e. The maximum absolute atomic E-state index is 12.6. The molecule has 0 radical (unpaired) electrons. The van der Waals surface area contributed by atoms with Gasteiger partial charge in [0.05, 0.1) is 23.6 Å². The van der Waals surface area contributed by atoms with Crippen molar-refractivity contribution < 1.29 is 4.74 Å². The first-order valence-corrected chi connectivity index (χ1v) is 10.4. The molecule has 1 atom stereocenters. The lowest BCUT2D eigenvalue weighted by Gasteiger charge is -2.14. The molecule has 0 N–H and O–H groups in total. The van der Waals surface area contributed by atoms with Crippen molar-refractivity contribution in [1.82, 2.24) is 15.0 Å². The van der Waals surface area contributed by atoms with E-state index in [4.69, 9.17) is 10.00 Å². The molecule has 0 aliphatic carbocycles. The molecule has 1 heterocycles. The van der Waals surface area contributed by atoms with Gasteiger partial charge in [-0.3, -0.25) is 4.79 Å². The largest absolute Gasteiger partial charge is 0.493 e. The first-order chi connectivity index (χ1) is 15.7. The number of hydrogen-bond acceptors (Lipinski definition) is 5. The summed E-state index contributed by atoms with van der Waals surface area (Å²) in [6.45, 7) is 4.79. The van der Waals surface area contributed by atoms with Gasteiger partial charge in [0.1, 0.15) is 11.3 Å². The van der Waals surface area contributed by atoms with Gasteiger partial charge in [-0.2, -0.15) is 5.26 Å². The van der Waals surface area contributed by atoms with E-state index in [9.17, 15) is 4.79 Å². The summed E-state index contributed by atoms with van der Waals surface area (Å²) in [6.07, 6.45) is 2.50. The van der Waals surface area contributed by atoms with Gasteiger partial charge in [-0.25, -0.2) is 4.68 Å². The minimum Gasteiger partial charge on any atom is -0.493 e. The summed E-state index contributed by atoms with van der Waals surface area (Å²) < 4.78 is 7.33. The third-order valence-corrected chi connectivity index (χ3v) is 5.34.